The molecule has 1 aromatic heterocycles. The maximum absolute atomic E-state index is 12.0. The minimum atomic E-state index is 0.00517. The van der Waals surface area contributed by atoms with Gasteiger partial charge in [-0.05, 0) is 49.7 Å². The highest BCUT2D eigenvalue weighted by Gasteiger charge is 2.07. The summed E-state index contributed by atoms with van der Waals surface area (Å²) in [5, 5.41) is 2.91. The quantitative estimate of drug-likeness (QED) is 0.522. The van der Waals surface area contributed by atoms with Gasteiger partial charge in [-0.3, -0.25) is 4.79 Å². The number of ether oxygens (including phenoxy) is 2. The van der Waals surface area contributed by atoms with Gasteiger partial charge < -0.3 is 19.2 Å². The van der Waals surface area contributed by atoms with Crippen molar-refractivity contribution in [2.24, 2.45) is 0 Å². The molecule has 0 aliphatic heterocycles. The zero-order valence-electron chi connectivity index (χ0n) is 16.8. The molecular weight excluding hydrogens is 368 g/mol. The molecule has 29 heavy (non-hydrogen) atoms. The van der Waals surface area contributed by atoms with E-state index in [0.29, 0.717) is 38.3 Å². The van der Waals surface area contributed by atoms with Crippen molar-refractivity contribution in [3.8, 4) is 23.0 Å². The first-order chi connectivity index (χ1) is 14.1. The van der Waals surface area contributed by atoms with Crippen LogP contribution in [0.5, 0.6) is 11.5 Å². The van der Waals surface area contributed by atoms with Gasteiger partial charge in [0.1, 0.15) is 17.8 Å². The third kappa shape index (κ3) is 6.38. The van der Waals surface area contributed by atoms with Crippen LogP contribution in [0.25, 0.3) is 11.5 Å². The van der Waals surface area contributed by atoms with Crippen molar-refractivity contribution in [3.63, 3.8) is 0 Å². The van der Waals surface area contributed by atoms with Crippen LogP contribution in [0.3, 0.4) is 0 Å². The molecular formula is C23H26N2O4. The molecule has 0 fully saturated rings. The number of aromatic nitrogens is 1. The summed E-state index contributed by atoms with van der Waals surface area (Å²) in [5.41, 5.74) is 2.96. The zero-order chi connectivity index (χ0) is 20.5. The number of oxazole rings is 1. The van der Waals surface area contributed by atoms with Crippen molar-refractivity contribution >= 4 is 5.91 Å². The molecule has 0 bridgehead atoms. The lowest BCUT2D eigenvalue weighted by molar-refractivity contribution is -0.121. The molecule has 1 heterocycles. The van der Waals surface area contributed by atoms with Gasteiger partial charge in [0.15, 0.2) is 0 Å². The molecule has 0 radical (unpaired) electrons. The topological polar surface area (TPSA) is 73.6 Å². The number of nitrogens with zero attached hydrogens (tertiary/aromatic N) is 1. The molecule has 1 amide bonds. The summed E-state index contributed by atoms with van der Waals surface area (Å²) in [4.78, 5) is 16.4. The monoisotopic (exact) mass is 394 g/mol. The highest BCUT2D eigenvalue weighted by molar-refractivity contribution is 5.75. The second-order valence-electron chi connectivity index (χ2n) is 6.74. The summed E-state index contributed by atoms with van der Waals surface area (Å²) in [6, 6.07) is 15.4. The summed E-state index contributed by atoms with van der Waals surface area (Å²) in [5.74, 6) is 2.16. The van der Waals surface area contributed by atoms with Crippen LogP contribution in [0.4, 0.5) is 0 Å². The fourth-order valence-corrected chi connectivity index (χ4v) is 2.76. The molecule has 1 N–H and O–H groups in total. The third-order valence-electron chi connectivity index (χ3n) is 4.43. The first-order valence-corrected chi connectivity index (χ1v) is 9.69. The fraction of sp³-hybridized carbons (Fsp3) is 0.304. The summed E-state index contributed by atoms with van der Waals surface area (Å²) >= 11 is 0. The minimum absolute atomic E-state index is 0.00517. The second-order valence-corrected chi connectivity index (χ2v) is 6.74. The normalized spacial score (nSPS) is 10.6. The molecule has 2 aromatic carbocycles. The molecule has 0 saturated heterocycles. The Bertz CT molecular complexity index is 901. The summed E-state index contributed by atoms with van der Waals surface area (Å²) in [7, 11) is 1.63. The van der Waals surface area contributed by atoms with E-state index in [1.54, 1.807) is 13.4 Å². The largest absolute Gasteiger partial charge is 0.497 e. The minimum Gasteiger partial charge on any atom is -0.497 e. The number of carbonyl (C=O) groups excluding carboxylic acids is 1. The average molecular weight is 394 g/mol. The van der Waals surface area contributed by atoms with Crippen LogP contribution in [0.1, 0.15) is 24.1 Å². The Morgan fingerprint density at radius 3 is 2.52 bits per heavy atom. The van der Waals surface area contributed by atoms with Gasteiger partial charge in [0, 0.05) is 24.9 Å². The van der Waals surface area contributed by atoms with Crippen LogP contribution in [0, 0.1) is 6.92 Å². The van der Waals surface area contributed by atoms with Gasteiger partial charge in [0.2, 0.25) is 11.8 Å². The summed E-state index contributed by atoms with van der Waals surface area (Å²) < 4.78 is 16.3. The van der Waals surface area contributed by atoms with Gasteiger partial charge in [-0.2, -0.15) is 0 Å². The maximum Gasteiger partial charge on any atom is 0.226 e. The predicted molar refractivity (Wildman–Crippen MR) is 111 cm³/mol. The Morgan fingerprint density at radius 2 is 1.79 bits per heavy atom. The highest BCUT2D eigenvalue weighted by Crippen LogP contribution is 2.19. The van der Waals surface area contributed by atoms with E-state index in [2.05, 4.69) is 10.3 Å². The average Bonchev–Trinajstić information content (AvgIpc) is 3.21. The lowest BCUT2D eigenvalue weighted by atomic mass is 10.1. The molecule has 0 aliphatic carbocycles. The first-order valence-electron chi connectivity index (χ1n) is 9.69. The van der Waals surface area contributed by atoms with E-state index in [1.807, 2.05) is 55.5 Å². The molecule has 0 aliphatic rings. The smallest absolute Gasteiger partial charge is 0.226 e. The predicted octanol–water partition coefficient (Wildman–Crippen LogP) is 4.18. The molecule has 3 aromatic rings. The van der Waals surface area contributed by atoms with Gasteiger partial charge in [-0.25, -0.2) is 4.98 Å². The number of nitrogens with one attached hydrogen (secondary N) is 1. The number of hydrogen-bond donors (Lipinski definition) is 1. The third-order valence-corrected chi connectivity index (χ3v) is 4.43. The molecule has 6 nitrogen and oxygen atoms in total. The van der Waals surface area contributed by atoms with Crippen molar-refractivity contribution in [2.45, 2.75) is 26.2 Å². The molecule has 0 saturated carbocycles. The Labute approximate surface area is 170 Å². The Balaban J connectivity index is 1.32. The van der Waals surface area contributed by atoms with Gasteiger partial charge in [-0.1, -0.05) is 17.7 Å². The molecule has 0 spiro atoms. The second kappa shape index (κ2) is 10.3. The number of hydrogen-bond acceptors (Lipinski definition) is 5. The lowest BCUT2D eigenvalue weighted by Crippen LogP contribution is -2.25. The van der Waals surface area contributed by atoms with Crippen molar-refractivity contribution in [2.75, 3.05) is 20.3 Å². The van der Waals surface area contributed by atoms with E-state index in [4.69, 9.17) is 13.9 Å². The van der Waals surface area contributed by atoms with E-state index in [-0.39, 0.29) is 5.91 Å². The fourth-order valence-electron chi connectivity index (χ4n) is 2.76. The van der Waals surface area contributed by atoms with Crippen molar-refractivity contribution in [1.29, 1.82) is 0 Å². The highest BCUT2D eigenvalue weighted by atomic mass is 16.5. The number of carbonyl (C=O) groups is 1. The van der Waals surface area contributed by atoms with Gasteiger partial charge in [-0.15, -0.1) is 0 Å². The van der Waals surface area contributed by atoms with Crippen molar-refractivity contribution < 1.29 is 18.7 Å². The van der Waals surface area contributed by atoms with Gasteiger partial charge in [0.05, 0.1) is 19.4 Å². The van der Waals surface area contributed by atoms with E-state index in [1.165, 1.54) is 5.56 Å². The van der Waals surface area contributed by atoms with Crippen LogP contribution >= 0.6 is 0 Å². The lowest BCUT2D eigenvalue weighted by Gasteiger charge is -2.07. The van der Waals surface area contributed by atoms with Crippen molar-refractivity contribution in [3.05, 3.63) is 66.1 Å². The number of amides is 1. The Morgan fingerprint density at radius 1 is 1.07 bits per heavy atom. The first kappa shape index (κ1) is 20.5. The standard InChI is InChI=1S/C23H26N2O4/c1-17-5-7-18(8-6-17)23-25-19(16-29-23)13-14-24-22(26)4-3-15-28-21-11-9-20(27-2)10-12-21/h5-12,16H,3-4,13-15H2,1-2H3,(H,24,26). The Hall–Kier alpha value is -3.28. The van der Waals surface area contributed by atoms with E-state index >= 15 is 0 Å². The maximum atomic E-state index is 12.0. The van der Waals surface area contributed by atoms with Crippen LogP contribution in [-0.2, 0) is 11.2 Å². The van der Waals surface area contributed by atoms with E-state index < -0.39 is 0 Å². The number of rotatable bonds is 10. The van der Waals surface area contributed by atoms with Gasteiger partial charge in [0.25, 0.3) is 0 Å². The molecule has 6 heteroatoms. The summed E-state index contributed by atoms with van der Waals surface area (Å²) in [6.07, 6.45) is 3.34. The van der Waals surface area contributed by atoms with Crippen molar-refractivity contribution in [1.82, 2.24) is 10.3 Å². The molecule has 152 valence electrons. The number of methoxy groups -OCH3 is 1. The van der Waals surface area contributed by atoms with Gasteiger partial charge >= 0.3 is 0 Å². The number of benzene rings is 2. The number of aryl methyl sites for hydroxylation is 1. The molecule has 3 rings (SSSR count). The van der Waals surface area contributed by atoms with Crippen LogP contribution in [-0.4, -0.2) is 31.2 Å². The van der Waals surface area contributed by atoms with E-state index in [0.717, 1.165) is 22.8 Å². The molecule has 0 atom stereocenters. The summed E-state index contributed by atoms with van der Waals surface area (Å²) in [6.45, 7) is 3.06. The zero-order valence-corrected chi connectivity index (χ0v) is 16.8. The van der Waals surface area contributed by atoms with Crippen LogP contribution in [0.2, 0.25) is 0 Å². The van der Waals surface area contributed by atoms with Crippen LogP contribution < -0.4 is 14.8 Å². The molecule has 0 unspecified atom stereocenters. The van der Waals surface area contributed by atoms with Crippen LogP contribution in [0.15, 0.2) is 59.2 Å². The van der Waals surface area contributed by atoms with E-state index in [9.17, 15) is 4.79 Å². The SMILES string of the molecule is COc1ccc(OCCCC(=O)NCCc2coc(-c3ccc(C)cc3)n2)cc1. The Kier molecular flexibility index (Phi) is 7.28.